The molecule has 0 spiro atoms. The molecule has 12 heteroatoms. The van der Waals surface area contributed by atoms with E-state index >= 15 is 0 Å². The van der Waals surface area contributed by atoms with E-state index in [2.05, 4.69) is 16.0 Å². The number of hydrogen-bond donors (Lipinski definition) is 3. The number of hydrogen-bond acceptors (Lipinski definition) is 8. The van der Waals surface area contributed by atoms with Gasteiger partial charge in [-0.1, -0.05) is 13.8 Å². The van der Waals surface area contributed by atoms with Crippen LogP contribution in [0.4, 0.5) is 22.7 Å². The number of nitrogens with zero attached hydrogens (tertiary/aromatic N) is 2. The van der Waals surface area contributed by atoms with Crippen molar-refractivity contribution in [3.63, 3.8) is 0 Å². The van der Waals surface area contributed by atoms with Gasteiger partial charge in [-0.3, -0.25) is 14.9 Å². The van der Waals surface area contributed by atoms with E-state index in [1.54, 1.807) is 19.9 Å². The van der Waals surface area contributed by atoms with E-state index in [-0.39, 0.29) is 22.8 Å². The molecule has 180 valence electrons. The Morgan fingerprint density at radius 3 is 2.27 bits per heavy atom. The number of nitro groups is 1. The van der Waals surface area contributed by atoms with E-state index in [1.165, 1.54) is 41.7 Å². The third-order valence-electron chi connectivity index (χ3n) is 4.82. The van der Waals surface area contributed by atoms with Gasteiger partial charge < -0.3 is 20.7 Å². The number of benzene rings is 2. The van der Waals surface area contributed by atoms with Gasteiger partial charge in [-0.2, -0.15) is 4.31 Å². The van der Waals surface area contributed by atoms with Crippen molar-refractivity contribution in [1.82, 2.24) is 4.31 Å². The predicted octanol–water partition coefficient (Wildman–Crippen LogP) is 3.12. The zero-order valence-electron chi connectivity index (χ0n) is 19.0. The zero-order valence-corrected chi connectivity index (χ0v) is 19.9. The van der Waals surface area contributed by atoms with Crippen molar-refractivity contribution in [3.05, 3.63) is 46.5 Å². The SMILES string of the molecule is CCNc1ccc(S(=O)(=O)N(CC)CC)cc1NCC(=O)Nc1ccc(OC)cc1[N+](=O)[O-]. The topological polar surface area (TPSA) is 143 Å². The highest BCUT2D eigenvalue weighted by Gasteiger charge is 2.23. The van der Waals surface area contributed by atoms with Crippen LogP contribution in [0.3, 0.4) is 0 Å². The second kappa shape index (κ2) is 11.5. The normalized spacial score (nSPS) is 11.2. The lowest BCUT2D eigenvalue weighted by molar-refractivity contribution is -0.384. The average Bonchev–Trinajstić information content (AvgIpc) is 2.79. The molecule has 0 saturated heterocycles. The van der Waals surface area contributed by atoms with Crippen LogP contribution < -0.4 is 20.7 Å². The predicted molar refractivity (Wildman–Crippen MR) is 127 cm³/mol. The summed E-state index contributed by atoms with van der Waals surface area (Å²) >= 11 is 0. The quantitative estimate of drug-likeness (QED) is 0.311. The first-order chi connectivity index (χ1) is 15.7. The molecule has 2 aromatic carbocycles. The number of carbonyl (C=O) groups is 1. The average molecular weight is 480 g/mol. The summed E-state index contributed by atoms with van der Waals surface area (Å²) in [5.74, 6) is -0.248. The number of rotatable bonds is 12. The van der Waals surface area contributed by atoms with Crippen LogP contribution in [0.1, 0.15) is 20.8 Å². The van der Waals surface area contributed by atoms with Crippen LogP contribution in [0, 0.1) is 10.1 Å². The molecule has 0 radical (unpaired) electrons. The highest BCUT2D eigenvalue weighted by atomic mass is 32.2. The highest BCUT2D eigenvalue weighted by molar-refractivity contribution is 7.89. The largest absolute Gasteiger partial charge is 0.496 e. The molecule has 0 bridgehead atoms. The molecule has 0 aliphatic carbocycles. The fourth-order valence-electron chi connectivity index (χ4n) is 3.15. The van der Waals surface area contributed by atoms with Gasteiger partial charge in [0.25, 0.3) is 5.69 Å². The summed E-state index contributed by atoms with van der Waals surface area (Å²) in [6.45, 7) is 6.42. The van der Waals surface area contributed by atoms with Crippen LogP contribution in [0.5, 0.6) is 5.75 Å². The number of carbonyl (C=O) groups excluding carboxylic acids is 1. The van der Waals surface area contributed by atoms with Crippen LogP contribution in [0.25, 0.3) is 0 Å². The van der Waals surface area contributed by atoms with Gasteiger partial charge >= 0.3 is 0 Å². The fraction of sp³-hybridized carbons (Fsp3) is 0.381. The molecule has 3 N–H and O–H groups in total. The molecule has 0 unspecified atom stereocenters. The summed E-state index contributed by atoms with van der Waals surface area (Å²) < 4.78 is 32.1. The van der Waals surface area contributed by atoms with Crippen molar-refractivity contribution >= 4 is 38.7 Å². The Bertz CT molecular complexity index is 1100. The summed E-state index contributed by atoms with van der Waals surface area (Å²) in [6, 6.07) is 8.71. The number of amides is 1. The Labute approximate surface area is 193 Å². The summed E-state index contributed by atoms with van der Waals surface area (Å²) in [4.78, 5) is 23.3. The number of nitrogens with one attached hydrogen (secondary N) is 3. The minimum atomic E-state index is -3.69. The Kier molecular flexibility index (Phi) is 9.00. The van der Waals surface area contributed by atoms with Crippen molar-refractivity contribution in [3.8, 4) is 5.75 Å². The molecule has 0 atom stereocenters. The first-order valence-electron chi connectivity index (χ1n) is 10.4. The van der Waals surface area contributed by atoms with Crippen molar-refractivity contribution in [2.75, 3.05) is 49.2 Å². The van der Waals surface area contributed by atoms with Crippen LogP contribution in [-0.2, 0) is 14.8 Å². The fourth-order valence-corrected chi connectivity index (χ4v) is 4.64. The van der Waals surface area contributed by atoms with Crippen molar-refractivity contribution < 1.29 is 22.9 Å². The van der Waals surface area contributed by atoms with Gasteiger partial charge in [-0.05, 0) is 37.3 Å². The summed E-state index contributed by atoms with van der Waals surface area (Å²) in [5, 5.41) is 19.9. The molecule has 2 aromatic rings. The molecule has 2 rings (SSSR count). The van der Waals surface area contributed by atoms with Gasteiger partial charge in [0.1, 0.15) is 11.4 Å². The standard InChI is InChI=1S/C21H29N5O6S/c1-5-22-17-11-9-16(33(30,31)25(6-2)7-3)13-19(17)23-14-21(27)24-18-10-8-15(32-4)12-20(18)26(28)29/h8-13,22-23H,5-7,14H2,1-4H3,(H,24,27). The van der Waals surface area contributed by atoms with E-state index in [0.29, 0.717) is 36.8 Å². The van der Waals surface area contributed by atoms with Gasteiger partial charge in [0, 0.05) is 19.6 Å². The summed E-state index contributed by atoms with van der Waals surface area (Å²) in [6.07, 6.45) is 0. The molecule has 1 amide bonds. The first kappa shape index (κ1) is 25.9. The summed E-state index contributed by atoms with van der Waals surface area (Å²) in [7, 11) is -2.30. The maximum absolute atomic E-state index is 12.9. The van der Waals surface area contributed by atoms with Crippen LogP contribution in [0.15, 0.2) is 41.3 Å². The smallest absolute Gasteiger partial charge is 0.296 e. The molecule has 33 heavy (non-hydrogen) atoms. The lowest BCUT2D eigenvalue weighted by Gasteiger charge is -2.20. The van der Waals surface area contributed by atoms with Gasteiger partial charge in [0.05, 0.1) is 40.9 Å². The molecule has 0 saturated carbocycles. The second-order valence-electron chi connectivity index (χ2n) is 6.87. The third-order valence-corrected chi connectivity index (χ3v) is 6.86. The Morgan fingerprint density at radius 1 is 1.03 bits per heavy atom. The number of methoxy groups -OCH3 is 1. The van der Waals surface area contributed by atoms with Crippen LogP contribution in [-0.4, -0.2) is 56.8 Å². The number of anilines is 3. The molecular formula is C21H29N5O6S. The van der Waals surface area contributed by atoms with Crippen molar-refractivity contribution in [2.24, 2.45) is 0 Å². The Hall–Kier alpha value is -3.38. The minimum absolute atomic E-state index is 0.0253. The highest BCUT2D eigenvalue weighted by Crippen LogP contribution is 2.30. The number of ether oxygens (including phenoxy) is 1. The molecule has 11 nitrogen and oxygen atoms in total. The third kappa shape index (κ3) is 6.33. The second-order valence-corrected chi connectivity index (χ2v) is 8.81. The maximum atomic E-state index is 12.9. The van der Waals surface area contributed by atoms with E-state index in [0.717, 1.165) is 0 Å². The van der Waals surface area contributed by atoms with Crippen LogP contribution >= 0.6 is 0 Å². The lowest BCUT2D eigenvalue weighted by Crippen LogP contribution is -2.30. The van der Waals surface area contributed by atoms with Gasteiger partial charge in [0.2, 0.25) is 15.9 Å². The van der Waals surface area contributed by atoms with E-state index in [1.807, 2.05) is 6.92 Å². The lowest BCUT2D eigenvalue weighted by atomic mass is 10.2. The molecule has 0 aliphatic rings. The Balaban J connectivity index is 2.24. The number of nitro benzene ring substituents is 1. The van der Waals surface area contributed by atoms with Crippen LogP contribution in [0.2, 0.25) is 0 Å². The molecule has 0 fully saturated rings. The monoisotopic (exact) mass is 479 g/mol. The molecule has 0 aliphatic heterocycles. The van der Waals surface area contributed by atoms with E-state index < -0.39 is 20.9 Å². The van der Waals surface area contributed by atoms with Gasteiger partial charge in [0.15, 0.2) is 0 Å². The molecular weight excluding hydrogens is 450 g/mol. The molecule has 0 heterocycles. The number of sulfonamides is 1. The van der Waals surface area contributed by atoms with E-state index in [9.17, 15) is 23.3 Å². The maximum Gasteiger partial charge on any atom is 0.296 e. The summed E-state index contributed by atoms with van der Waals surface area (Å²) in [5.41, 5.74) is 0.768. The van der Waals surface area contributed by atoms with E-state index in [4.69, 9.17) is 4.74 Å². The minimum Gasteiger partial charge on any atom is -0.496 e. The first-order valence-corrected chi connectivity index (χ1v) is 11.9. The molecule has 0 aromatic heterocycles. The zero-order chi connectivity index (χ0) is 24.6. The van der Waals surface area contributed by atoms with Gasteiger partial charge in [-0.25, -0.2) is 8.42 Å². The Morgan fingerprint density at radius 2 is 1.70 bits per heavy atom. The van der Waals surface area contributed by atoms with Crippen molar-refractivity contribution in [2.45, 2.75) is 25.7 Å². The van der Waals surface area contributed by atoms with Crippen molar-refractivity contribution in [1.29, 1.82) is 0 Å². The van der Waals surface area contributed by atoms with Gasteiger partial charge in [-0.15, -0.1) is 0 Å².